The Hall–Kier alpha value is -2.21. The molecule has 7 nitrogen and oxygen atoms in total. The first-order chi connectivity index (χ1) is 13.0. The number of nitrogens with zero attached hydrogens (tertiary/aromatic N) is 4. The Labute approximate surface area is 164 Å². The predicted octanol–water partition coefficient (Wildman–Crippen LogP) is 2.34. The van der Waals surface area contributed by atoms with E-state index in [1.54, 1.807) is 30.5 Å². The number of halogens is 1. The summed E-state index contributed by atoms with van der Waals surface area (Å²) in [5, 5.41) is 9.73. The lowest BCUT2D eigenvalue weighted by Crippen LogP contribution is -2.39. The molecule has 2 aromatic rings. The minimum Gasteiger partial charge on any atom is -0.354 e. The van der Waals surface area contributed by atoms with E-state index in [1.165, 1.54) is 6.20 Å². The highest BCUT2D eigenvalue weighted by molar-refractivity contribution is 7.88. The van der Waals surface area contributed by atoms with E-state index in [1.807, 2.05) is 4.90 Å². The lowest BCUT2D eigenvalue weighted by Gasteiger charge is -2.32. The molecule has 1 aliphatic heterocycles. The third-order valence-corrected chi connectivity index (χ3v) is 6.13. The van der Waals surface area contributed by atoms with Crippen LogP contribution in [-0.4, -0.2) is 38.0 Å². The van der Waals surface area contributed by atoms with E-state index in [4.69, 9.17) is 16.9 Å². The minimum atomic E-state index is -3.40. The molecule has 0 bridgehead atoms. The van der Waals surface area contributed by atoms with Gasteiger partial charge in [0.2, 0.25) is 10.0 Å². The topological polar surface area (TPSA) is 99.0 Å². The van der Waals surface area contributed by atoms with E-state index in [2.05, 4.69) is 20.8 Å². The van der Waals surface area contributed by atoms with Crippen molar-refractivity contribution in [2.75, 3.05) is 24.5 Å². The summed E-state index contributed by atoms with van der Waals surface area (Å²) in [6.07, 6.45) is 4.73. The maximum Gasteiger partial charge on any atom is 0.215 e. The van der Waals surface area contributed by atoms with E-state index in [-0.39, 0.29) is 11.7 Å². The zero-order chi connectivity index (χ0) is 19.3. The molecule has 1 N–H and O–H groups in total. The number of anilines is 1. The summed E-state index contributed by atoms with van der Waals surface area (Å²) in [6, 6.07) is 8.86. The molecule has 0 radical (unpaired) electrons. The number of nitrogens with one attached hydrogen (secondary N) is 1. The van der Waals surface area contributed by atoms with Crippen LogP contribution in [0, 0.1) is 17.2 Å². The summed E-state index contributed by atoms with van der Waals surface area (Å²) >= 11 is 5.83. The molecule has 0 atom stereocenters. The van der Waals surface area contributed by atoms with Gasteiger partial charge in [0.1, 0.15) is 6.07 Å². The van der Waals surface area contributed by atoms with Crippen molar-refractivity contribution in [3.05, 3.63) is 52.9 Å². The molecule has 0 unspecified atom stereocenters. The van der Waals surface area contributed by atoms with Crippen LogP contribution in [-0.2, 0) is 15.8 Å². The molecule has 0 aliphatic carbocycles. The van der Waals surface area contributed by atoms with Gasteiger partial charge >= 0.3 is 0 Å². The second-order valence-electron chi connectivity index (χ2n) is 6.50. The molecule has 1 aromatic carbocycles. The van der Waals surface area contributed by atoms with Crippen molar-refractivity contribution < 1.29 is 8.42 Å². The van der Waals surface area contributed by atoms with Gasteiger partial charge in [0.15, 0.2) is 11.5 Å². The summed E-state index contributed by atoms with van der Waals surface area (Å²) in [5.41, 5.74) is 1.02. The lowest BCUT2D eigenvalue weighted by molar-refractivity contribution is 0.400. The highest BCUT2D eigenvalue weighted by Gasteiger charge is 2.23. The zero-order valence-electron chi connectivity index (χ0n) is 14.7. The predicted molar refractivity (Wildman–Crippen MR) is 104 cm³/mol. The van der Waals surface area contributed by atoms with Crippen molar-refractivity contribution in [1.82, 2.24) is 14.7 Å². The van der Waals surface area contributed by atoms with Crippen LogP contribution < -0.4 is 9.62 Å². The second kappa shape index (κ2) is 8.65. The number of nitriles is 1. The van der Waals surface area contributed by atoms with Crippen LogP contribution in [0.5, 0.6) is 0 Å². The number of benzene rings is 1. The van der Waals surface area contributed by atoms with Crippen LogP contribution in [0.15, 0.2) is 36.7 Å². The molecule has 0 amide bonds. The first-order valence-corrected chi connectivity index (χ1v) is 10.7. The quantitative estimate of drug-likeness (QED) is 0.791. The normalized spacial score (nSPS) is 15.5. The van der Waals surface area contributed by atoms with Crippen molar-refractivity contribution in [2.24, 2.45) is 5.92 Å². The second-order valence-corrected chi connectivity index (χ2v) is 8.75. The molecule has 1 aromatic heterocycles. The first-order valence-electron chi connectivity index (χ1n) is 8.64. The molecule has 0 saturated carbocycles. The highest BCUT2D eigenvalue weighted by Crippen LogP contribution is 2.23. The van der Waals surface area contributed by atoms with Gasteiger partial charge in [-0.25, -0.2) is 23.1 Å². The molecular formula is C18H20ClN5O2S. The fourth-order valence-electron chi connectivity index (χ4n) is 3.09. The largest absolute Gasteiger partial charge is 0.354 e. The van der Waals surface area contributed by atoms with Gasteiger partial charge in [-0.1, -0.05) is 23.7 Å². The zero-order valence-corrected chi connectivity index (χ0v) is 16.2. The van der Waals surface area contributed by atoms with Crippen molar-refractivity contribution in [1.29, 1.82) is 5.26 Å². The minimum absolute atomic E-state index is 0.0614. The highest BCUT2D eigenvalue weighted by atomic mass is 35.5. The van der Waals surface area contributed by atoms with Gasteiger partial charge in [0, 0.05) is 37.1 Å². The lowest BCUT2D eigenvalue weighted by atomic mass is 9.97. The molecule has 2 heterocycles. The number of piperidine rings is 1. The molecule has 1 fully saturated rings. The van der Waals surface area contributed by atoms with E-state index in [0.717, 1.165) is 25.9 Å². The Morgan fingerprint density at radius 1 is 1.19 bits per heavy atom. The molecular weight excluding hydrogens is 386 g/mol. The Morgan fingerprint density at radius 3 is 2.52 bits per heavy atom. The van der Waals surface area contributed by atoms with Crippen LogP contribution in [0.2, 0.25) is 5.02 Å². The Morgan fingerprint density at radius 2 is 1.85 bits per heavy atom. The maximum atomic E-state index is 12.3. The van der Waals surface area contributed by atoms with Crippen molar-refractivity contribution in [3.63, 3.8) is 0 Å². The van der Waals surface area contributed by atoms with Gasteiger partial charge < -0.3 is 4.90 Å². The summed E-state index contributed by atoms with van der Waals surface area (Å²) in [4.78, 5) is 10.3. The van der Waals surface area contributed by atoms with E-state index >= 15 is 0 Å². The van der Waals surface area contributed by atoms with Crippen LogP contribution in [0.3, 0.4) is 0 Å². The maximum absolute atomic E-state index is 12.3. The van der Waals surface area contributed by atoms with Gasteiger partial charge in [0.05, 0.1) is 5.75 Å². The van der Waals surface area contributed by atoms with Gasteiger partial charge in [-0.2, -0.15) is 5.26 Å². The van der Waals surface area contributed by atoms with Gasteiger partial charge in [-0.05, 0) is 36.5 Å². The smallest absolute Gasteiger partial charge is 0.215 e. The standard InChI is InChI=1S/C18H20ClN5O2S/c19-16-3-1-15(2-4-16)13-27(25,26)23-12-14-5-9-24(10-6-14)18-17(11-20)21-7-8-22-18/h1-4,7-8,14,23H,5-6,9-10,12-13H2. The van der Waals surface area contributed by atoms with Gasteiger partial charge in [-0.15, -0.1) is 0 Å². The van der Waals surface area contributed by atoms with Crippen molar-refractivity contribution in [2.45, 2.75) is 18.6 Å². The van der Waals surface area contributed by atoms with E-state index in [9.17, 15) is 8.42 Å². The number of hydrogen-bond donors (Lipinski definition) is 1. The Kier molecular flexibility index (Phi) is 6.26. The molecule has 27 heavy (non-hydrogen) atoms. The van der Waals surface area contributed by atoms with Crippen LogP contribution in [0.4, 0.5) is 5.82 Å². The first kappa shape index (κ1) is 19.5. The van der Waals surface area contributed by atoms with Gasteiger partial charge in [0.25, 0.3) is 0 Å². The van der Waals surface area contributed by atoms with Crippen LogP contribution >= 0.6 is 11.6 Å². The molecule has 1 saturated heterocycles. The molecule has 1 aliphatic rings. The number of rotatable bonds is 6. The van der Waals surface area contributed by atoms with Crippen LogP contribution in [0.1, 0.15) is 24.1 Å². The van der Waals surface area contributed by atoms with Crippen molar-refractivity contribution in [3.8, 4) is 6.07 Å². The number of hydrogen-bond acceptors (Lipinski definition) is 6. The number of sulfonamides is 1. The average Bonchev–Trinajstić information content (AvgIpc) is 2.68. The Bertz CT molecular complexity index is 920. The van der Waals surface area contributed by atoms with Crippen LogP contribution in [0.25, 0.3) is 0 Å². The summed E-state index contributed by atoms with van der Waals surface area (Å²) in [5.74, 6) is 0.791. The molecule has 3 rings (SSSR count). The van der Waals surface area contributed by atoms with E-state index < -0.39 is 10.0 Å². The van der Waals surface area contributed by atoms with E-state index in [0.29, 0.717) is 28.6 Å². The monoisotopic (exact) mass is 405 g/mol. The molecule has 9 heteroatoms. The SMILES string of the molecule is N#Cc1nccnc1N1CCC(CNS(=O)(=O)Cc2ccc(Cl)cc2)CC1. The molecule has 142 valence electrons. The molecule has 0 spiro atoms. The summed E-state index contributed by atoms with van der Waals surface area (Å²) in [6.45, 7) is 1.85. The summed E-state index contributed by atoms with van der Waals surface area (Å²) in [7, 11) is -3.40. The van der Waals surface area contributed by atoms with Gasteiger partial charge in [-0.3, -0.25) is 0 Å². The third kappa shape index (κ3) is 5.39. The Balaban J connectivity index is 1.50. The average molecular weight is 406 g/mol. The summed E-state index contributed by atoms with van der Waals surface area (Å²) < 4.78 is 27.3. The van der Waals surface area contributed by atoms with Crippen molar-refractivity contribution >= 4 is 27.4 Å². The third-order valence-electron chi connectivity index (χ3n) is 4.56. The fraction of sp³-hybridized carbons (Fsp3) is 0.389. The number of aromatic nitrogens is 2. The fourth-order valence-corrected chi connectivity index (χ4v) is 4.43.